The van der Waals surface area contributed by atoms with Crippen LogP contribution < -0.4 is 25.4 Å². The van der Waals surface area contributed by atoms with Gasteiger partial charge >= 0.3 is 0 Å². The minimum atomic E-state index is -0.498. The van der Waals surface area contributed by atoms with Gasteiger partial charge in [0.25, 0.3) is 5.91 Å². The van der Waals surface area contributed by atoms with Gasteiger partial charge < -0.3 is 25.4 Å². The van der Waals surface area contributed by atoms with Gasteiger partial charge in [-0.1, -0.05) is 0 Å². The summed E-state index contributed by atoms with van der Waals surface area (Å²) in [7, 11) is 3.10. The summed E-state index contributed by atoms with van der Waals surface area (Å²) in [6.45, 7) is 1.76. The fourth-order valence-electron chi connectivity index (χ4n) is 2.68. The van der Waals surface area contributed by atoms with Crippen LogP contribution in [0.5, 0.6) is 11.5 Å². The molecule has 148 valence electrons. The second kappa shape index (κ2) is 8.65. The van der Waals surface area contributed by atoms with Crippen LogP contribution in [0.2, 0.25) is 0 Å². The van der Waals surface area contributed by atoms with Gasteiger partial charge in [0, 0.05) is 23.4 Å². The molecule has 1 unspecified atom stereocenters. The van der Waals surface area contributed by atoms with Crippen LogP contribution in [-0.4, -0.2) is 38.1 Å². The number of anilines is 2. The molecule has 0 bridgehead atoms. The smallest absolute Gasteiger partial charge is 0.251 e. The number of carbonyl (C=O) groups is 2. The van der Waals surface area contributed by atoms with Gasteiger partial charge in [0.15, 0.2) is 0 Å². The predicted molar refractivity (Wildman–Crippen MR) is 108 cm³/mol. The summed E-state index contributed by atoms with van der Waals surface area (Å²) in [5.41, 5.74) is 1.89. The maximum absolute atomic E-state index is 12.6. The van der Waals surface area contributed by atoms with Crippen molar-refractivity contribution in [2.45, 2.75) is 31.8 Å². The Hall–Kier alpha value is -3.22. The van der Waals surface area contributed by atoms with Gasteiger partial charge in [-0.3, -0.25) is 9.59 Å². The zero-order chi connectivity index (χ0) is 20.1. The van der Waals surface area contributed by atoms with E-state index in [1.54, 1.807) is 63.6 Å². The van der Waals surface area contributed by atoms with Crippen LogP contribution >= 0.6 is 0 Å². The summed E-state index contributed by atoms with van der Waals surface area (Å²) in [5, 5.41) is 8.93. The molecular weight excluding hydrogens is 358 g/mol. The third kappa shape index (κ3) is 4.94. The van der Waals surface area contributed by atoms with Crippen molar-refractivity contribution in [2.75, 3.05) is 24.9 Å². The van der Waals surface area contributed by atoms with Crippen molar-refractivity contribution < 1.29 is 19.1 Å². The lowest BCUT2D eigenvalue weighted by atomic mass is 10.1. The minimum absolute atomic E-state index is 0.0649. The van der Waals surface area contributed by atoms with Gasteiger partial charge in [-0.05, 0) is 56.2 Å². The SMILES string of the molecule is COc1ccc(OC)c(NC(=O)C(C)Nc2ccc(C(=O)NC3CC3)cc2)c1. The standard InChI is InChI=1S/C21H25N3O4/c1-13(20(25)24-18-12-17(27-2)10-11-19(18)28-3)22-15-6-4-14(5-7-15)21(26)23-16-8-9-16/h4-7,10-13,16,22H,8-9H2,1-3H3,(H,23,26)(H,24,25). The first kappa shape index (κ1) is 19.5. The lowest BCUT2D eigenvalue weighted by Crippen LogP contribution is -2.32. The number of hydrogen-bond donors (Lipinski definition) is 3. The number of benzene rings is 2. The molecule has 7 heteroatoms. The van der Waals surface area contributed by atoms with Crippen LogP contribution in [0.15, 0.2) is 42.5 Å². The molecule has 1 atom stereocenters. The van der Waals surface area contributed by atoms with E-state index >= 15 is 0 Å². The molecule has 0 aliphatic heterocycles. The molecule has 0 saturated heterocycles. The van der Waals surface area contributed by atoms with Gasteiger partial charge in [-0.25, -0.2) is 0 Å². The normalized spacial score (nSPS) is 14.0. The van der Waals surface area contributed by atoms with Gasteiger partial charge in [0.2, 0.25) is 5.91 Å². The summed E-state index contributed by atoms with van der Waals surface area (Å²) in [6.07, 6.45) is 2.10. The molecular formula is C21H25N3O4. The molecule has 1 saturated carbocycles. The lowest BCUT2D eigenvalue weighted by Gasteiger charge is -2.17. The molecule has 28 heavy (non-hydrogen) atoms. The van der Waals surface area contributed by atoms with Gasteiger partial charge in [0.05, 0.1) is 19.9 Å². The fourth-order valence-corrected chi connectivity index (χ4v) is 2.68. The third-order valence-electron chi connectivity index (χ3n) is 4.50. The number of rotatable bonds is 8. The Bertz CT molecular complexity index is 847. The first-order valence-corrected chi connectivity index (χ1v) is 9.20. The van der Waals surface area contributed by atoms with E-state index in [4.69, 9.17) is 9.47 Å². The zero-order valence-electron chi connectivity index (χ0n) is 16.2. The Morgan fingerprint density at radius 3 is 2.36 bits per heavy atom. The number of methoxy groups -OCH3 is 2. The van der Waals surface area contributed by atoms with Crippen molar-refractivity contribution in [3.05, 3.63) is 48.0 Å². The summed E-state index contributed by atoms with van der Waals surface area (Å²) < 4.78 is 10.5. The highest BCUT2D eigenvalue weighted by molar-refractivity contribution is 5.98. The molecule has 7 nitrogen and oxygen atoms in total. The molecule has 0 heterocycles. The van der Waals surface area contributed by atoms with Crippen molar-refractivity contribution in [3.8, 4) is 11.5 Å². The molecule has 0 radical (unpaired) electrons. The highest BCUT2D eigenvalue weighted by Gasteiger charge is 2.23. The first-order valence-electron chi connectivity index (χ1n) is 9.20. The van der Waals surface area contributed by atoms with E-state index in [1.165, 1.54) is 0 Å². The number of ether oxygens (including phenoxy) is 2. The highest BCUT2D eigenvalue weighted by Crippen LogP contribution is 2.29. The predicted octanol–water partition coefficient (Wildman–Crippen LogP) is 3.04. The maximum Gasteiger partial charge on any atom is 0.251 e. The topological polar surface area (TPSA) is 88.7 Å². The Kier molecular flexibility index (Phi) is 6.03. The Morgan fingerprint density at radius 1 is 1.04 bits per heavy atom. The second-order valence-electron chi connectivity index (χ2n) is 6.75. The van der Waals surface area contributed by atoms with E-state index < -0.39 is 6.04 Å². The molecule has 1 aliphatic rings. The summed E-state index contributed by atoms with van der Waals surface area (Å²) >= 11 is 0. The third-order valence-corrected chi connectivity index (χ3v) is 4.50. The van der Waals surface area contributed by atoms with Crippen molar-refractivity contribution in [3.63, 3.8) is 0 Å². The average molecular weight is 383 g/mol. The average Bonchev–Trinajstić information content (AvgIpc) is 3.52. The number of nitrogens with one attached hydrogen (secondary N) is 3. The van der Waals surface area contributed by atoms with Crippen molar-refractivity contribution in [2.24, 2.45) is 0 Å². The first-order chi connectivity index (χ1) is 13.5. The van der Waals surface area contributed by atoms with Crippen LogP contribution in [-0.2, 0) is 4.79 Å². The van der Waals surface area contributed by atoms with Crippen LogP contribution in [0.1, 0.15) is 30.1 Å². The molecule has 0 aromatic heterocycles. The molecule has 1 aliphatic carbocycles. The molecule has 0 spiro atoms. The van der Waals surface area contributed by atoms with E-state index in [9.17, 15) is 9.59 Å². The van der Waals surface area contributed by atoms with E-state index in [2.05, 4.69) is 16.0 Å². The summed E-state index contributed by atoms with van der Waals surface area (Å²) in [5.74, 6) is 0.885. The summed E-state index contributed by atoms with van der Waals surface area (Å²) in [6, 6.07) is 12.1. The van der Waals surface area contributed by atoms with Crippen molar-refractivity contribution in [1.29, 1.82) is 0 Å². The van der Waals surface area contributed by atoms with Gasteiger partial charge in [0.1, 0.15) is 17.5 Å². The zero-order valence-corrected chi connectivity index (χ0v) is 16.2. The molecule has 2 aromatic carbocycles. The number of amides is 2. The highest BCUT2D eigenvalue weighted by atomic mass is 16.5. The minimum Gasteiger partial charge on any atom is -0.497 e. The van der Waals surface area contributed by atoms with E-state index in [0.717, 1.165) is 18.5 Å². The largest absolute Gasteiger partial charge is 0.497 e. The van der Waals surface area contributed by atoms with Crippen LogP contribution in [0, 0.1) is 0 Å². The lowest BCUT2D eigenvalue weighted by molar-refractivity contribution is -0.116. The monoisotopic (exact) mass is 383 g/mol. The van der Waals surface area contributed by atoms with Crippen LogP contribution in [0.25, 0.3) is 0 Å². The Morgan fingerprint density at radius 2 is 1.75 bits per heavy atom. The maximum atomic E-state index is 12.6. The molecule has 2 aromatic rings. The second-order valence-corrected chi connectivity index (χ2v) is 6.75. The van der Waals surface area contributed by atoms with E-state index in [-0.39, 0.29) is 11.8 Å². The fraction of sp³-hybridized carbons (Fsp3) is 0.333. The van der Waals surface area contributed by atoms with Gasteiger partial charge in [-0.15, -0.1) is 0 Å². The number of hydrogen-bond acceptors (Lipinski definition) is 5. The van der Waals surface area contributed by atoms with E-state index in [1.807, 2.05) is 0 Å². The molecule has 2 amide bonds. The molecule has 3 rings (SSSR count). The van der Waals surface area contributed by atoms with Crippen molar-refractivity contribution in [1.82, 2.24) is 5.32 Å². The van der Waals surface area contributed by atoms with Gasteiger partial charge in [-0.2, -0.15) is 0 Å². The van der Waals surface area contributed by atoms with Crippen molar-refractivity contribution >= 4 is 23.2 Å². The quantitative estimate of drug-likeness (QED) is 0.652. The molecule has 1 fully saturated rings. The van der Waals surface area contributed by atoms with Crippen LogP contribution in [0.3, 0.4) is 0 Å². The Labute approximate surface area is 164 Å². The van der Waals surface area contributed by atoms with E-state index in [0.29, 0.717) is 28.8 Å². The summed E-state index contributed by atoms with van der Waals surface area (Å²) in [4.78, 5) is 24.6. The number of carbonyl (C=O) groups excluding carboxylic acids is 2. The molecule has 3 N–H and O–H groups in total. The Balaban J connectivity index is 1.60. The van der Waals surface area contributed by atoms with Crippen LogP contribution in [0.4, 0.5) is 11.4 Å².